The number of fused-ring (bicyclic) bond motifs is 1. The average Bonchev–Trinajstić information content (AvgIpc) is 2.70. The van der Waals surface area contributed by atoms with Crippen LogP contribution in [0.1, 0.15) is 22.4 Å². The molecule has 0 aliphatic carbocycles. The summed E-state index contributed by atoms with van der Waals surface area (Å²) in [6.45, 7) is 8.49. The summed E-state index contributed by atoms with van der Waals surface area (Å²) in [6, 6.07) is 16.7. The summed E-state index contributed by atoms with van der Waals surface area (Å²) in [5, 5.41) is 1.34. The molecular formula is C18H21N. The highest BCUT2D eigenvalue weighted by Crippen LogP contribution is 2.19. The zero-order valence-electron chi connectivity index (χ0n) is 12.1. The minimum atomic E-state index is 1.24. The number of rotatable bonds is 0. The van der Waals surface area contributed by atoms with Crippen LogP contribution in [0.3, 0.4) is 0 Å². The zero-order chi connectivity index (χ0) is 13.8. The maximum absolute atomic E-state index is 3.33. The van der Waals surface area contributed by atoms with Crippen molar-refractivity contribution in [2.24, 2.45) is 0 Å². The lowest BCUT2D eigenvalue weighted by Crippen LogP contribution is -1.74. The van der Waals surface area contributed by atoms with Crippen LogP contribution in [0.4, 0.5) is 0 Å². The fourth-order valence-corrected chi connectivity index (χ4v) is 2.08. The van der Waals surface area contributed by atoms with E-state index in [-0.39, 0.29) is 0 Å². The van der Waals surface area contributed by atoms with E-state index in [9.17, 15) is 0 Å². The van der Waals surface area contributed by atoms with Gasteiger partial charge in [-0.1, -0.05) is 42.5 Å². The van der Waals surface area contributed by atoms with Crippen LogP contribution in [0.25, 0.3) is 10.9 Å². The number of H-pyrrole nitrogens is 1. The van der Waals surface area contributed by atoms with Gasteiger partial charge >= 0.3 is 0 Å². The molecule has 1 nitrogen and oxygen atoms in total. The molecule has 1 heteroatoms. The van der Waals surface area contributed by atoms with E-state index in [0.717, 1.165) is 0 Å². The first-order valence-electron chi connectivity index (χ1n) is 6.65. The van der Waals surface area contributed by atoms with Gasteiger partial charge in [0.2, 0.25) is 0 Å². The van der Waals surface area contributed by atoms with E-state index in [0.29, 0.717) is 0 Å². The molecule has 0 saturated carbocycles. The van der Waals surface area contributed by atoms with Gasteiger partial charge in [-0.2, -0.15) is 0 Å². The van der Waals surface area contributed by atoms with Crippen LogP contribution in [-0.2, 0) is 0 Å². The lowest BCUT2D eigenvalue weighted by Gasteiger charge is -1.93. The Morgan fingerprint density at radius 2 is 1.21 bits per heavy atom. The number of aryl methyl sites for hydroxylation is 4. The second-order valence-electron chi connectivity index (χ2n) is 5.00. The molecule has 1 heterocycles. The summed E-state index contributed by atoms with van der Waals surface area (Å²) in [5.74, 6) is 0. The van der Waals surface area contributed by atoms with Crippen molar-refractivity contribution in [1.82, 2.24) is 4.98 Å². The summed E-state index contributed by atoms with van der Waals surface area (Å²) in [5.41, 5.74) is 6.61. The minimum Gasteiger partial charge on any atom is -0.358 e. The quantitative estimate of drug-likeness (QED) is 0.573. The lowest BCUT2D eigenvalue weighted by atomic mass is 10.1. The Bertz CT molecular complexity index is 656. The Morgan fingerprint density at radius 3 is 1.74 bits per heavy atom. The molecule has 0 bridgehead atoms. The predicted molar refractivity (Wildman–Crippen MR) is 83.7 cm³/mol. The van der Waals surface area contributed by atoms with Crippen molar-refractivity contribution in [3.05, 3.63) is 70.9 Å². The van der Waals surface area contributed by atoms with Crippen molar-refractivity contribution in [3.63, 3.8) is 0 Å². The van der Waals surface area contributed by atoms with Crippen LogP contribution in [-0.4, -0.2) is 4.98 Å². The summed E-state index contributed by atoms with van der Waals surface area (Å²) < 4.78 is 0. The first-order chi connectivity index (χ1) is 9.09. The highest BCUT2D eigenvalue weighted by Gasteiger charge is 2.00. The van der Waals surface area contributed by atoms with Crippen LogP contribution < -0.4 is 0 Å². The molecule has 98 valence electrons. The number of hydrogen-bond donors (Lipinski definition) is 1. The Morgan fingerprint density at radius 1 is 0.684 bits per heavy atom. The minimum absolute atomic E-state index is 1.24. The van der Waals surface area contributed by atoms with Crippen LogP contribution in [0, 0.1) is 27.7 Å². The zero-order valence-corrected chi connectivity index (χ0v) is 12.1. The van der Waals surface area contributed by atoms with E-state index >= 15 is 0 Å². The summed E-state index contributed by atoms with van der Waals surface area (Å²) in [7, 11) is 0. The number of aromatic nitrogens is 1. The van der Waals surface area contributed by atoms with Gasteiger partial charge in [0.05, 0.1) is 0 Å². The smallest absolute Gasteiger partial charge is 0.0458 e. The summed E-state index contributed by atoms with van der Waals surface area (Å²) >= 11 is 0. The molecule has 0 fully saturated rings. The molecule has 19 heavy (non-hydrogen) atoms. The largest absolute Gasteiger partial charge is 0.358 e. The molecular weight excluding hydrogens is 230 g/mol. The predicted octanol–water partition coefficient (Wildman–Crippen LogP) is 5.09. The third-order valence-electron chi connectivity index (χ3n) is 3.64. The molecule has 3 rings (SSSR count). The van der Waals surface area contributed by atoms with Gasteiger partial charge in [0, 0.05) is 16.6 Å². The van der Waals surface area contributed by atoms with E-state index in [1.54, 1.807) is 0 Å². The van der Waals surface area contributed by atoms with E-state index in [1.807, 2.05) is 0 Å². The monoisotopic (exact) mass is 251 g/mol. The van der Waals surface area contributed by atoms with Crippen molar-refractivity contribution >= 4 is 10.9 Å². The lowest BCUT2D eigenvalue weighted by molar-refractivity contribution is 1.25. The van der Waals surface area contributed by atoms with Crippen molar-refractivity contribution in [1.29, 1.82) is 0 Å². The van der Waals surface area contributed by atoms with E-state index in [4.69, 9.17) is 0 Å². The summed E-state index contributed by atoms with van der Waals surface area (Å²) in [6.07, 6.45) is 0. The van der Waals surface area contributed by atoms with Crippen molar-refractivity contribution in [2.75, 3.05) is 0 Å². The fraction of sp³-hybridized carbons (Fsp3) is 0.222. The molecule has 0 aliphatic rings. The molecule has 2 aromatic carbocycles. The van der Waals surface area contributed by atoms with Gasteiger partial charge in [0.15, 0.2) is 0 Å². The number of nitrogens with one attached hydrogen (secondary N) is 1. The second kappa shape index (κ2) is 5.75. The molecule has 0 unspecified atom stereocenters. The van der Waals surface area contributed by atoms with Crippen molar-refractivity contribution in [3.8, 4) is 0 Å². The number of hydrogen-bond acceptors (Lipinski definition) is 0. The molecule has 0 saturated heterocycles. The van der Waals surface area contributed by atoms with Gasteiger partial charge in [-0.3, -0.25) is 0 Å². The first-order valence-corrected chi connectivity index (χ1v) is 6.65. The molecule has 0 radical (unpaired) electrons. The fourth-order valence-electron chi connectivity index (χ4n) is 2.08. The number of benzene rings is 2. The molecule has 0 amide bonds. The van der Waals surface area contributed by atoms with E-state index in [1.165, 1.54) is 33.3 Å². The molecule has 0 spiro atoms. The Labute approximate surface area is 115 Å². The standard InChI is InChI=1S/C10H11N.C8H10/c1-7-8(2)11-10-6-4-3-5-9(7)10;1-7-5-3-4-6-8(7)2/h3-6,11H,1-2H3;3-6H,1-2H3. The van der Waals surface area contributed by atoms with Crippen LogP contribution in [0.2, 0.25) is 0 Å². The molecule has 0 aliphatic heterocycles. The molecule has 0 atom stereocenters. The average molecular weight is 251 g/mol. The van der Waals surface area contributed by atoms with Crippen LogP contribution >= 0.6 is 0 Å². The van der Waals surface area contributed by atoms with Gasteiger partial charge < -0.3 is 4.98 Å². The highest BCUT2D eigenvalue weighted by atomic mass is 14.7. The van der Waals surface area contributed by atoms with Gasteiger partial charge in [-0.05, 0) is 50.5 Å². The Hall–Kier alpha value is -2.02. The van der Waals surface area contributed by atoms with Gasteiger partial charge in [0.25, 0.3) is 0 Å². The van der Waals surface area contributed by atoms with Gasteiger partial charge in [-0.25, -0.2) is 0 Å². The second-order valence-corrected chi connectivity index (χ2v) is 5.00. The highest BCUT2D eigenvalue weighted by molar-refractivity contribution is 5.84. The Kier molecular flexibility index (Phi) is 4.06. The van der Waals surface area contributed by atoms with E-state index in [2.05, 4.69) is 81.2 Å². The van der Waals surface area contributed by atoms with E-state index < -0.39 is 0 Å². The third-order valence-corrected chi connectivity index (χ3v) is 3.64. The van der Waals surface area contributed by atoms with Gasteiger partial charge in [-0.15, -0.1) is 0 Å². The van der Waals surface area contributed by atoms with Crippen molar-refractivity contribution < 1.29 is 0 Å². The first kappa shape index (κ1) is 13.4. The van der Waals surface area contributed by atoms with Crippen LogP contribution in [0.15, 0.2) is 48.5 Å². The number of aromatic amines is 1. The van der Waals surface area contributed by atoms with Crippen LogP contribution in [0.5, 0.6) is 0 Å². The van der Waals surface area contributed by atoms with Gasteiger partial charge in [0.1, 0.15) is 0 Å². The summed E-state index contributed by atoms with van der Waals surface area (Å²) in [4.78, 5) is 3.33. The third kappa shape index (κ3) is 3.05. The topological polar surface area (TPSA) is 15.8 Å². The maximum atomic E-state index is 3.33. The Balaban J connectivity index is 0.000000148. The van der Waals surface area contributed by atoms with Crippen molar-refractivity contribution in [2.45, 2.75) is 27.7 Å². The SMILES string of the molecule is Cc1[nH]c2ccccc2c1C.Cc1ccccc1C. The molecule has 1 N–H and O–H groups in total. The number of para-hydroxylation sites is 1. The molecule has 1 aromatic heterocycles. The molecule has 3 aromatic rings. The maximum Gasteiger partial charge on any atom is 0.0458 e. The normalized spacial score (nSPS) is 10.1.